The molecule has 2 nitrogen and oxygen atoms in total. The van der Waals surface area contributed by atoms with Crippen molar-refractivity contribution in [1.29, 1.82) is 0 Å². The van der Waals surface area contributed by atoms with Crippen LogP contribution in [-0.2, 0) is 0 Å². The van der Waals surface area contributed by atoms with Crippen LogP contribution in [-0.4, -0.2) is 11.4 Å². The molecule has 0 aliphatic heterocycles. The second-order valence-corrected chi connectivity index (χ2v) is 3.13. The Morgan fingerprint density at radius 2 is 2.08 bits per heavy atom. The van der Waals surface area contributed by atoms with Gasteiger partial charge in [-0.1, -0.05) is 31.5 Å². The standard InChI is InChI=1S/C11H16O2/c1-3-6-11(12)13-10-8-5-4-7-9(10)2/h4-5,7-8,11-12H,3,6H2,1-2H3. The predicted molar refractivity (Wildman–Crippen MR) is 52.7 cm³/mol. The molecule has 1 atom stereocenters. The molecule has 1 N–H and O–H groups in total. The van der Waals surface area contributed by atoms with Gasteiger partial charge in [0.15, 0.2) is 6.29 Å². The minimum atomic E-state index is -0.675. The molecule has 1 rings (SSSR count). The first-order valence-electron chi connectivity index (χ1n) is 4.64. The number of para-hydroxylation sites is 1. The summed E-state index contributed by atoms with van der Waals surface area (Å²) >= 11 is 0. The van der Waals surface area contributed by atoms with E-state index in [9.17, 15) is 5.11 Å². The van der Waals surface area contributed by atoms with Crippen molar-refractivity contribution in [1.82, 2.24) is 0 Å². The average Bonchev–Trinajstić information content (AvgIpc) is 2.09. The molecule has 0 aliphatic carbocycles. The Labute approximate surface area is 79.2 Å². The minimum absolute atomic E-state index is 0.675. The Balaban J connectivity index is 2.58. The molecule has 2 heteroatoms. The van der Waals surface area contributed by atoms with E-state index in [1.165, 1.54) is 0 Å². The van der Waals surface area contributed by atoms with Gasteiger partial charge in [-0.15, -0.1) is 0 Å². The summed E-state index contributed by atoms with van der Waals surface area (Å²) < 4.78 is 5.34. The topological polar surface area (TPSA) is 29.5 Å². The Hall–Kier alpha value is -1.02. The Kier molecular flexibility index (Phi) is 3.77. The monoisotopic (exact) mass is 180 g/mol. The smallest absolute Gasteiger partial charge is 0.197 e. The maximum Gasteiger partial charge on any atom is 0.197 e. The lowest BCUT2D eigenvalue weighted by atomic mass is 10.2. The number of aryl methyl sites for hydroxylation is 1. The summed E-state index contributed by atoms with van der Waals surface area (Å²) in [5, 5.41) is 9.40. The highest BCUT2D eigenvalue weighted by molar-refractivity contribution is 5.31. The first-order chi connectivity index (χ1) is 6.24. The van der Waals surface area contributed by atoms with Crippen molar-refractivity contribution in [3.05, 3.63) is 29.8 Å². The van der Waals surface area contributed by atoms with Crippen molar-refractivity contribution >= 4 is 0 Å². The van der Waals surface area contributed by atoms with Crippen LogP contribution >= 0.6 is 0 Å². The van der Waals surface area contributed by atoms with Crippen LogP contribution in [0.4, 0.5) is 0 Å². The summed E-state index contributed by atoms with van der Waals surface area (Å²) in [4.78, 5) is 0. The van der Waals surface area contributed by atoms with Crippen molar-refractivity contribution < 1.29 is 9.84 Å². The lowest BCUT2D eigenvalue weighted by Crippen LogP contribution is -2.15. The predicted octanol–water partition coefficient (Wildman–Crippen LogP) is 2.49. The first kappa shape index (κ1) is 10.1. The number of benzene rings is 1. The summed E-state index contributed by atoms with van der Waals surface area (Å²) in [6, 6.07) is 7.69. The van der Waals surface area contributed by atoms with E-state index in [0.717, 1.165) is 17.7 Å². The summed E-state index contributed by atoms with van der Waals surface area (Å²) in [7, 11) is 0. The Morgan fingerprint density at radius 1 is 1.38 bits per heavy atom. The molecule has 0 saturated carbocycles. The fraction of sp³-hybridized carbons (Fsp3) is 0.455. The van der Waals surface area contributed by atoms with E-state index in [4.69, 9.17) is 4.74 Å². The summed E-state index contributed by atoms with van der Waals surface area (Å²) in [6.45, 7) is 3.98. The van der Waals surface area contributed by atoms with E-state index < -0.39 is 6.29 Å². The largest absolute Gasteiger partial charge is 0.465 e. The SMILES string of the molecule is CCCC(O)Oc1ccccc1C. The van der Waals surface area contributed by atoms with Gasteiger partial charge in [0, 0.05) is 6.42 Å². The summed E-state index contributed by atoms with van der Waals surface area (Å²) in [5.41, 5.74) is 1.05. The van der Waals surface area contributed by atoms with Crippen molar-refractivity contribution in [3.63, 3.8) is 0 Å². The molecule has 13 heavy (non-hydrogen) atoms. The highest BCUT2D eigenvalue weighted by Gasteiger charge is 2.05. The summed E-state index contributed by atoms with van der Waals surface area (Å²) in [6.07, 6.45) is 0.924. The third-order valence-electron chi connectivity index (χ3n) is 1.89. The van der Waals surface area contributed by atoms with Gasteiger partial charge in [0.05, 0.1) is 0 Å². The summed E-state index contributed by atoms with van der Waals surface area (Å²) in [5.74, 6) is 0.767. The third-order valence-corrected chi connectivity index (χ3v) is 1.89. The molecule has 72 valence electrons. The van der Waals surface area contributed by atoms with E-state index in [2.05, 4.69) is 0 Å². The van der Waals surface area contributed by atoms with E-state index in [1.54, 1.807) is 0 Å². The number of hydrogen-bond donors (Lipinski definition) is 1. The van der Waals surface area contributed by atoms with E-state index in [0.29, 0.717) is 6.42 Å². The van der Waals surface area contributed by atoms with Crippen LogP contribution in [0.15, 0.2) is 24.3 Å². The molecule has 0 amide bonds. The van der Waals surface area contributed by atoms with E-state index in [-0.39, 0.29) is 0 Å². The second kappa shape index (κ2) is 4.87. The van der Waals surface area contributed by atoms with E-state index in [1.807, 2.05) is 38.1 Å². The zero-order valence-corrected chi connectivity index (χ0v) is 8.16. The van der Waals surface area contributed by atoms with Crippen LogP contribution < -0.4 is 4.74 Å². The zero-order chi connectivity index (χ0) is 9.68. The number of aliphatic hydroxyl groups is 1. The zero-order valence-electron chi connectivity index (χ0n) is 8.16. The van der Waals surface area contributed by atoms with Gasteiger partial charge in [0.25, 0.3) is 0 Å². The van der Waals surface area contributed by atoms with Crippen LogP contribution in [0, 0.1) is 6.92 Å². The second-order valence-electron chi connectivity index (χ2n) is 3.13. The molecule has 1 aromatic carbocycles. The van der Waals surface area contributed by atoms with Crippen molar-refractivity contribution in [2.45, 2.75) is 33.0 Å². The van der Waals surface area contributed by atoms with Crippen LogP contribution in [0.25, 0.3) is 0 Å². The van der Waals surface area contributed by atoms with Gasteiger partial charge in [-0.2, -0.15) is 0 Å². The van der Waals surface area contributed by atoms with Crippen molar-refractivity contribution in [3.8, 4) is 5.75 Å². The molecule has 0 spiro atoms. The van der Waals surface area contributed by atoms with Crippen LogP contribution in [0.3, 0.4) is 0 Å². The molecule has 1 unspecified atom stereocenters. The Morgan fingerprint density at radius 3 is 2.69 bits per heavy atom. The Bertz CT molecular complexity index is 258. The highest BCUT2D eigenvalue weighted by Crippen LogP contribution is 2.18. The van der Waals surface area contributed by atoms with Gasteiger partial charge in [-0.3, -0.25) is 0 Å². The van der Waals surface area contributed by atoms with Gasteiger partial charge in [0.1, 0.15) is 5.75 Å². The molecular formula is C11H16O2. The molecule has 0 heterocycles. The quantitative estimate of drug-likeness (QED) is 0.721. The number of hydrogen-bond acceptors (Lipinski definition) is 2. The van der Waals surface area contributed by atoms with Crippen molar-refractivity contribution in [2.75, 3.05) is 0 Å². The molecule has 0 aliphatic rings. The molecule has 0 saturated heterocycles. The first-order valence-corrected chi connectivity index (χ1v) is 4.64. The lowest BCUT2D eigenvalue weighted by Gasteiger charge is -2.13. The third kappa shape index (κ3) is 3.07. The average molecular weight is 180 g/mol. The highest BCUT2D eigenvalue weighted by atomic mass is 16.6. The maximum atomic E-state index is 9.40. The normalized spacial score (nSPS) is 12.5. The van der Waals surface area contributed by atoms with Crippen LogP contribution in [0.5, 0.6) is 5.75 Å². The molecular weight excluding hydrogens is 164 g/mol. The van der Waals surface area contributed by atoms with Gasteiger partial charge < -0.3 is 9.84 Å². The fourth-order valence-corrected chi connectivity index (χ4v) is 1.14. The van der Waals surface area contributed by atoms with Gasteiger partial charge in [-0.05, 0) is 18.6 Å². The van der Waals surface area contributed by atoms with Gasteiger partial charge >= 0.3 is 0 Å². The van der Waals surface area contributed by atoms with E-state index >= 15 is 0 Å². The van der Waals surface area contributed by atoms with Gasteiger partial charge in [-0.25, -0.2) is 0 Å². The molecule has 0 radical (unpaired) electrons. The fourth-order valence-electron chi connectivity index (χ4n) is 1.14. The number of rotatable bonds is 4. The lowest BCUT2D eigenvalue weighted by molar-refractivity contribution is -0.0237. The van der Waals surface area contributed by atoms with Crippen LogP contribution in [0.2, 0.25) is 0 Å². The molecule has 0 fully saturated rings. The minimum Gasteiger partial charge on any atom is -0.465 e. The molecule has 0 aromatic heterocycles. The number of aliphatic hydroxyl groups excluding tert-OH is 1. The molecule has 0 bridgehead atoms. The van der Waals surface area contributed by atoms with Gasteiger partial charge in [0.2, 0.25) is 0 Å². The number of ether oxygens (including phenoxy) is 1. The van der Waals surface area contributed by atoms with Crippen LogP contribution in [0.1, 0.15) is 25.3 Å². The van der Waals surface area contributed by atoms with Crippen molar-refractivity contribution in [2.24, 2.45) is 0 Å². The maximum absolute atomic E-state index is 9.40. The molecule has 1 aromatic rings.